The fourth-order valence-corrected chi connectivity index (χ4v) is 0.948. The number of cyclic esters (lactones) is 1. The molecule has 0 N–H and O–H groups in total. The lowest BCUT2D eigenvalue weighted by molar-refractivity contribution is -0.170. The molecule has 0 bridgehead atoms. The van der Waals surface area contributed by atoms with E-state index in [1.165, 1.54) is 0 Å². The summed E-state index contributed by atoms with van der Waals surface area (Å²) in [7, 11) is 0. The predicted octanol–water partition coefficient (Wildman–Crippen LogP) is 0.421. The van der Waals surface area contributed by atoms with Crippen molar-refractivity contribution in [3.8, 4) is 0 Å². The molecule has 4 nitrogen and oxygen atoms in total. The largest absolute Gasteiger partial charge is 0.463 e. The number of hydrogen-bond donors (Lipinski definition) is 0. The summed E-state index contributed by atoms with van der Waals surface area (Å²) in [6.07, 6.45) is 1.57. The highest BCUT2D eigenvalue weighted by Gasteiger charge is 2.26. The quantitative estimate of drug-likeness (QED) is 0.445. The lowest BCUT2D eigenvalue weighted by atomic mass is 10.1. The van der Waals surface area contributed by atoms with E-state index < -0.39 is 18.0 Å². The highest BCUT2D eigenvalue weighted by atomic mass is 16.6. The molecule has 1 fully saturated rings. The first-order valence-electron chi connectivity index (χ1n) is 3.73. The van der Waals surface area contributed by atoms with E-state index in [2.05, 4.69) is 11.3 Å². The van der Waals surface area contributed by atoms with Gasteiger partial charge in [0.2, 0.25) is 0 Å². The standard InChI is InChI=1S/C8H10O4/c1-2-7(9)12-6-4-3-5-11-8(6)10/h2,6H,1,3-5H2. The van der Waals surface area contributed by atoms with Gasteiger partial charge in [0.25, 0.3) is 0 Å². The van der Waals surface area contributed by atoms with Crippen LogP contribution in [0.25, 0.3) is 0 Å². The van der Waals surface area contributed by atoms with Gasteiger partial charge in [-0.15, -0.1) is 0 Å². The number of rotatable bonds is 2. The average molecular weight is 170 g/mol. The zero-order valence-electron chi connectivity index (χ0n) is 6.62. The molecule has 4 heteroatoms. The van der Waals surface area contributed by atoms with Gasteiger partial charge in [-0.1, -0.05) is 6.58 Å². The fraction of sp³-hybridized carbons (Fsp3) is 0.500. The third-order valence-corrected chi connectivity index (χ3v) is 1.54. The van der Waals surface area contributed by atoms with E-state index >= 15 is 0 Å². The Morgan fingerprint density at radius 2 is 2.50 bits per heavy atom. The number of carbonyl (C=O) groups excluding carboxylic acids is 2. The van der Waals surface area contributed by atoms with E-state index in [1.807, 2.05) is 0 Å². The first-order valence-corrected chi connectivity index (χ1v) is 3.73. The van der Waals surface area contributed by atoms with E-state index in [-0.39, 0.29) is 0 Å². The van der Waals surface area contributed by atoms with Crippen LogP contribution >= 0.6 is 0 Å². The molecule has 0 aliphatic carbocycles. The lowest BCUT2D eigenvalue weighted by Crippen LogP contribution is -2.32. The molecule has 0 spiro atoms. The van der Waals surface area contributed by atoms with Gasteiger partial charge in [0.1, 0.15) is 0 Å². The number of ether oxygens (including phenoxy) is 2. The Bertz CT molecular complexity index is 209. The Morgan fingerprint density at radius 1 is 1.75 bits per heavy atom. The summed E-state index contributed by atoms with van der Waals surface area (Å²) in [6.45, 7) is 3.64. The number of carbonyl (C=O) groups is 2. The van der Waals surface area contributed by atoms with Gasteiger partial charge in [-0.25, -0.2) is 9.59 Å². The van der Waals surface area contributed by atoms with Crippen molar-refractivity contribution in [2.45, 2.75) is 18.9 Å². The van der Waals surface area contributed by atoms with Gasteiger partial charge >= 0.3 is 11.9 Å². The van der Waals surface area contributed by atoms with Crippen LogP contribution in [0, 0.1) is 0 Å². The van der Waals surface area contributed by atoms with Gasteiger partial charge in [0.15, 0.2) is 6.10 Å². The minimum absolute atomic E-state index is 0.418. The van der Waals surface area contributed by atoms with Gasteiger partial charge < -0.3 is 9.47 Å². The van der Waals surface area contributed by atoms with E-state index in [1.54, 1.807) is 0 Å². The Morgan fingerprint density at radius 3 is 3.08 bits per heavy atom. The Kier molecular flexibility index (Phi) is 2.85. The molecule has 0 radical (unpaired) electrons. The summed E-state index contributed by atoms with van der Waals surface area (Å²) < 4.78 is 9.41. The molecule has 1 unspecified atom stereocenters. The van der Waals surface area contributed by atoms with Gasteiger partial charge in [0, 0.05) is 6.08 Å². The number of hydrogen-bond acceptors (Lipinski definition) is 4. The van der Waals surface area contributed by atoms with E-state index in [0.29, 0.717) is 13.0 Å². The maximum absolute atomic E-state index is 10.9. The van der Waals surface area contributed by atoms with Gasteiger partial charge in [-0.3, -0.25) is 0 Å². The zero-order valence-corrected chi connectivity index (χ0v) is 6.62. The van der Waals surface area contributed by atoms with Crippen molar-refractivity contribution < 1.29 is 19.1 Å². The van der Waals surface area contributed by atoms with Crippen LogP contribution in [0.2, 0.25) is 0 Å². The Labute approximate surface area is 70.1 Å². The van der Waals surface area contributed by atoms with Crippen molar-refractivity contribution in [1.29, 1.82) is 0 Å². The summed E-state index contributed by atoms with van der Waals surface area (Å²) in [5, 5.41) is 0. The third-order valence-electron chi connectivity index (χ3n) is 1.54. The summed E-state index contributed by atoms with van der Waals surface area (Å²) in [5.74, 6) is -1.05. The molecule has 0 aromatic rings. The van der Waals surface area contributed by atoms with E-state index in [9.17, 15) is 9.59 Å². The van der Waals surface area contributed by atoms with Crippen LogP contribution in [0.5, 0.6) is 0 Å². The van der Waals surface area contributed by atoms with Crippen LogP contribution in [-0.4, -0.2) is 24.6 Å². The summed E-state index contributed by atoms with van der Waals surface area (Å²) in [6, 6.07) is 0. The molecular formula is C8H10O4. The second kappa shape index (κ2) is 3.90. The minimum Gasteiger partial charge on any atom is -0.463 e. The monoisotopic (exact) mass is 170 g/mol. The summed E-state index contributed by atoms with van der Waals surface area (Å²) in [4.78, 5) is 21.6. The Balaban J connectivity index is 2.44. The number of esters is 2. The van der Waals surface area contributed by atoms with Crippen LogP contribution in [0.1, 0.15) is 12.8 Å². The second-order valence-electron chi connectivity index (χ2n) is 2.44. The van der Waals surface area contributed by atoms with Crippen LogP contribution in [0.15, 0.2) is 12.7 Å². The van der Waals surface area contributed by atoms with Crippen molar-refractivity contribution in [3.63, 3.8) is 0 Å². The minimum atomic E-state index is -0.732. The normalized spacial score (nSPS) is 22.7. The SMILES string of the molecule is C=CC(=O)OC1CCCOC1=O. The van der Waals surface area contributed by atoms with Gasteiger partial charge in [-0.2, -0.15) is 0 Å². The fourth-order valence-electron chi connectivity index (χ4n) is 0.948. The maximum atomic E-state index is 10.9. The molecule has 1 saturated heterocycles. The molecule has 66 valence electrons. The molecule has 1 aliphatic rings. The maximum Gasteiger partial charge on any atom is 0.347 e. The van der Waals surface area contributed by atoms with Crippen LogP contribution < -0.4 is 0 Å². The second-order valence-corrected chi connectivity index (χ2v) is 2.44. The van der Waals surface area contributed by atoms with E-state index in [4.69, 9.17) is 4.74 Å². The smallest absolute Gasteiger partial charge is 0.347 e. The molecular weight excluding hydrogens is 160 g/mol. The highest BCUT2D eigenvalue weighted by Crippen LogP contribution is 2.11. The molecule has 0 saturated carbocycles. The molecule has 12 heavy (non-hydrogen) atoms. The zero-order chi connectivity index (χ0) is 8.97. The topological polar surface area (TPSA) is 52.6 Å². The van der Waals surface area contributed by atoms with Crippen molar-refractivity contribution in [2.75, 3.05) is 6.61 Å². The molecule has 0 aromatic heterocycles. The van der Waals surface area contributed by atoms with Crippen molar-refractivity contribution >= 4 is 11.9 Å². The highest BCUT2D eigenvalue weighted by molar-refractivity contribution is 5.85. The first kappa shape index (κ1) is 8.77. The summed E-state index contributed by atoms with van der Waals surface area (Å²) in [5.41, 5.74) is 0. The Hall–Kier alpha value is -1.32. The van der Waals surface area contributed by atoms with Crippen molar-refractivity contribution in [3.05, 3.63) is 12.7 Å². The van der Waals surface area contributed by atoms with Gasteiger partial charge in [-0.05, 0) is 12.8 Å². The van der Waals surface area contributed by atoms with E-state index in [0.717, 1.165) is 12.5 Å². The van der Waals surface area contributed by atoms with Crippen molar-refractivity contribution in [2.24, 2.45) is 0 Å². The summed E-state index contributed by atoms with van der Waals surface area (Å²) >= 11 is 0. The van der Waals surface area contributed by atoms with Gasteiger partial charge in [0.05, 0.1) is 6.61 Å². The molecule has 1 atom stereocenters. The van der Waals surface area contributed by atoms with Crippen LogP contribution in [0.3, 0.4) is 0 Å². The van der Waals surface area contributed by atoms with Crippen LogP contribution in [0.4, 0.5) is 0 Å². The molecule has 1 rings (SSSR count). The molecule has 1 heterocycles. The molecule has 1 aliphatic heterocycles. The third kappa shape index (κ3) is 2.08. The van der Waals surface area contributed by atoms with Crippen molar-refractivity contribution in [1.82, 2.24) is 0 Å². The molecule has 0 aromatic carbocycles. The first-order chi connectivity index (χ1) is 5.74. The van der Waals surface area contributed by atoms with Crippen LogP contribution in [-0.2, 0) is 19.1 Å². The lowest BCUT2D eigenvalue weighted by Gasteiger charge is -2.19. The molecule has 0 amide bonds. The predicted molar refractivity (Wildman–Crippen MR) is 40.3 cm³/mol. The average Bonchev–Trinajstić information content (AvgIpc) is 2.09.